The zero-order valence-corrected chi connectivity index (χ0v) is 18.6. The highest BCUT2D eigenvalue weighted by Crippen LogP contribution is 2.60. The molecule has 0 spiro atoms. The Hall–Kier alpha value is -1.88. The van der Waals surface area contributed by atoms with Gasteiger partial charge in [-0.1, -0.05) is 26.0 Å². The Labute approximate surface area is 180 Å². The van der Waals surface area contributed by atoms with E-state index in [0.29, 0.717) is 24.1 Å². The van der Waals surface area contributed by atoms with Gasteiger partial charge in [-0.2, -0.15) is 0 Å². The molecule has 1 atom stereocenters. The Morgan fingerprint density at radius 3 is 2.10 bits per heavy atom. The van der Waals surface area contributed by atoms with Gasteiger partial charge in [-0.25, -0.2) is 0 Å². The van der Waals surface area contributed by atoms with Crippen LogP contribution in [0.1, 0.15) is 68.3 Å². The second kappa shape index (κ2) is 8.70. The highest BCUT2D eigenvalue weighted by atomic mass is 16.5. The molecular formula is C25H36N2O3. The van der Waals surface area contributed by atoms with Gasteiger partial charge in [0.05, 0.1) is 6.61 Å². The molecule has 5 rings (SSSR count). The number of amides is 2. The van der Waals surface area contributed by atoms with Crippen molar-refractivity contribution in [2.45, 2.75) is 63.8 Å². The van der Waals surface area contributed by atoms with E-state index in [4.69, 9.17) is 4.74 Å². The molecule has 0 heterocycles. The van der Waals surface area contributed by atoms with Gasteiger partial charge in [-0.3, -0.25) is 9.59 Å². The third-order valence-corrected chi connectivity index (χ3v) is 7.64. The number of methoxy groups -OCH3 is 1. The smallest absolute Gasteiger partial charge is 0.251 e. The molecule has 1 aromatic carbocycles. The highest BCUT2D eigenvalue weighted by molar-refractivity contribution is 5.97. The first-order valence-electron chi connectivity index (χ1n) is 11.6. The highest BCUT2D eigenvalue weighted by Gasteiger charge is 2.51. The van der Waals surface area contributed by atoms with Crippen LogP contribution in [0.2, 0.25) is 0 Å². The second-order valence-corrected chi connectivity index (χ2v) is 10.3. The minimum Gasteiger partial charge on any atom is -0.383 e. The molecule has 4 saturated carbocycles. The normalized spacial score (nSPS) is 30.3. The molecule has 2 N–H and O–H groups in total. The second-order valence-electron chi connectivity index (χ2n) is 10.3. The van der Waals surface area contributed by atoms with E-state index in [1.807, 2.05) is 26.0 Å². The number of hydrogen-bond donors (Lipinski definition) is 2. The summed E-state index contributed by atoms with van der Waals surface area (Å²) < 4.78 is 4.98. The maximum absolute atomic E-state index is 12.8. The Kier molecular flexibility index (Phi) is 6.19. The topological polar surface area (TPSA) is 67.4 Å². The summed E-state index contributed by atoms with van der Waals surface area (Å²) >= 11 is 0. The largest absolute Gasteiger partial charge is 0.383 e. The molecule has 5 nitrogen and oxygen atoms in total. The van der Waals surface area contributed by atoms with E-state index in [2.05, 4.69) is 22.8 Å². The molecule has 1 unspecified atom stereocenters. The van der Waals surface area contributed by atoms with Crippen LogP contribution in [0.15, 0.2) is 24.3 Å². The summed E-state index contributed by atoms with van der Waals surface area (Å²) in [6.07, 6.45) is 8.26. The Morgan fingerprint density at radius 2 is 1.60 bits per heavy atom. The summed E-state index contributed by atoms with van der Waals surface area (Å²) in [7, 11) is 1.60. The summed E-state index contributed by atoms with van der Waals surface area (Å²) in [5.41, 5.74) is 2.38. The van der Waals surface area contributed by atoms with E-state index in [0.717, 1.165) is 17.8 Å². The van der Waals surface area contributed by atoms with Gasteiger partial charge in [0, 0.05) is 19.2 Å². The molecule has 4 aliphatic rings. The molecule has 0 aliphatic heterocycles. The molecule has 4 aliphatic carbocycles. The van der Waals surface area contributed by atoms with Crippen molar-refractivity contribution in [1.29, 1.82) is 0 Å². The van der Waals surface area contributed by atoms with E-state index in [1.165, 1.54) is 44.1 Å². The Bertz CT molecular complexity index is 736. The minimum absolute atomic E-state index is 0.00259. The molecule has 4 fully saturated rings. The van der Waals surface area contributed by atoms with Gasteiger partial charge < -0.3 is 15.4 Å². The van der Waals surface area contributed by atoms with Crippen molar-refractivity contribution in [3.05, 3.63) is 35.4 Å². The number of benzene rings is 1. The minimum atomic E-state index is -0.558. The average molecular weight is 413 g/mol. The molecule has 0 radical (unpaired) electrons. The van der Waals surface area contributed by atoms with E-state index in [-0.39, 0.29) is 17.7 Å². The molecule has 1 aromatic rings. The van der Waals surface area contributed by atoms with Gasteiger partial charge >= 0.3 is 0 Å². The van der Waals surface area contributed by atoms with Crippen LogP contribution in [0, 0.1) is 23.7 Å². The third-order valence-electron chi connectivity index (χ3n) is 7.64. The lowest BCUT2D eigenvalue weighted by atomic mass is 9.48. The van der Waals surface area contributed by atoms with Crippen molar-refractivity contribution in [1.82, 2.24) is 10.6 Å². The molecule has 30 heavy (non-hydrogen) atoms. The maximum atomic E-state index is 12.8. The number of rotatable bonds is 8. The van der Waals surface area contributed by atoms with Gasteiger partial charge in [0.25, 0.3) is 5.91 Å². The van der Waals surface area contributed by atoms with Crippen molar-refractivity contribution >= 4 is 11.8 Å². The van der Waals surface area contributed by atoms with E-state index in [9.17, 15) is 9.59 Å². The van der Waals surface area contributed by atoms with E-state index >= 15 is 0 Å². The molecule has 0 aromatic heterocycles. The van der Waals surface area contributed by atoms with Gasteiger partial charge in [0.2, 0.25) is 5.91 Å². The van der Waals surface area contributed by atoms with Crippen LogP contribution in [0.3, 0.4) is 0 Å². The molecule has 0 saturated heterocycles. The van der Waals surface area contributed by atoms with Crippen molar-refractivity contribution < 1.29 is 14.3 Å². The van der Waals surface area contributed by atoms with Crippen molar-refractivity contribution in [2.24, 2.45) is 23.7 Å². The van der Waals surface area contributed by atoms with Crippen molar-refractivity contribution in [3.8, 4) is 0 Å². The van der Waals surface area contributed by atoms with Crippen LogP contribution in [0.4, 0.5) is 0 Å². The number of carbonyl (C=O) groups is 2. The zero-order valence-electron chi connectivity index (χ0n) is 18.6. The molecule has 4 bridgehead atoms. The first-order chi connectivity index (χ1) is 14.4. The van der Waals surface area contributed by atoms with Gasteiger partial charge in [-0.05, 0) is 85.3 Å². The molecule has 164 valence electrons. The van der Waals surface area contributed by atoms with Crippen molar-refractivity contribution in [2.75, 3.05) is 20.3 Å². The predicted octanol–water partition coefficient (Wildman–Crippen LogP) is 3.67. The zero-order chi connectivity index (χ0) is 21.3. The van der Waals surface area contributed by atoms with Crippen molar-refractivity contribution in [3.63, 3.8) is 0 Å². The molecule has 2 amide bonds. The Balaban J connectivity index is 1.42. The Morgan fingerprint density at radius 1 is 1.03 bits per heavy atom. The van der Waals surface area contributed by atoms with Crippen LogP contribution in [0.5, 0.6) is 0 Å². The number of carbonyl (C=O) groups excluding carboxylic acids is 2. The summed E-state index contributed by atoms with van der Waals surface area (Å²) in [5.74, 6) is 2.36. The number of nitrogens with one attached hydrogen (secondary N) is 2. The summed E-state index contributed by atoms with van der Waals surface area (Å²) in [5, 5.41) is 5.75. The lowest BCUT2D eigenvalue weighted by Crippen LogP contribution is -2.50. The first kappa shape index (κ1) is 21.4. The summed E-state index contributed by atoms with van der Waals surface area (Å²) in [6, 6.07) is 7.68. The summed E-state index contributed by atoms with van der Waals surface area (Å²) in [6.45, 7) is 4.78. The average Bonchev–Trinajstić information content (AvgIpc) is 2.71. The van der Waals surface area contributed by atoms with Crippen LogP contribution in [-0.4, -0.2) is 38.1 Å². The fraction of sp³-hybridized carbons (Fsp3) is 0.680. The number of ether oxygens (including phenoxy) is 1. The lowest BCUT2D eigenvalue weighted by molar-refractivity contribution is -0.124. The van der Waals surface area contributed by atoms with Gasteiger partial charge in [0.1, 0.15) is 6.04 Å². The third kappa shape index (κ3) is 4.27. The molecule has 5 heteroatoms. The van der Waals surface area contributed by atoms with Gasteiger partial charge in [-0.15, -0.1) is 0 Å². The SMILES string of the molecule is COCCNC(=O)C(NC(=O)c1ccc(C23CC4CC(CC(C4)C2)C3)cc1)C(C)C. The number of hydrogen-bond acceptors (Lipinski definition) is 3. The van der Waals surface area contributed by atoms with E-state index < -0.39 is 6.04 Å². The first-order valence-corrected chi connectivity index (χ1v) is 11.6. The van der Waals surface area contributed by atoms with Gasteiger partial charge in [0.15, 0.2) is 0 Å². The van der Waals surface area contributed by atoms with Crippen LogP contribution < -0.4 is 10.6 Å². The fourth-order valence-electron chi connectivity index (χ4n) is 6.59. The lowest BCUT2D eigenvalue weighted by Gasteiger charge is -2.57. The summed E-state index contributed by atoms with van der Waals surface area (Å²) in [4.78, 5) is 25.3. The fourth-order valence-corrected chi connectivity index (χ4v) is 6.59. The van der Waals surface area contributed by atoms with Crippen LogP contribution in [0.25, 0.3) is 0 Å². The monoisotopic (exact) mass is 412 g/mol. The van der Waals surface area contributed by atoms with Crippen LogP contribution in [-0.2, 0) is 14.9 Å². The maximum Gasteiger partial charge on any atom is 0.251 e. The molecular weight excluding hydrogens is 376 g/mol. The standard InChI is InChI=1S/C25H36N2O3/c1-16(2)22(24(29)26-8-9-30-3)27-23(28)20-4-6-21(7-5-20)25-13-17-10-18(14-25)12-19(11-17)15-25/h4-7,16-19,22H,8-15H2,1-3H3,(H,26,29)(H,27,28). The quantitative estimate of drug-likeness (QED) is 0.640. The predicted molar refractivity (Wildman–Crippen MR) is 117 cm³/mol. The van der Waals surface area contributed by atoms with E-state index in [1.54, 1.807) is 7.11 Å². The van der Waals surface area contributed by atoms with Crippen LogP contribution >= 0.6 is 0 Å².